The largest absolute Gasteiger partial charge is 0.481 e. The molecule has 96 valence electrons. The van der Waals surface area contributed by atoms with Crippen LogP contribution in [0.1, 0.15) is 30.0 Å². The zero-order valence-corrected chi connectivity index (χ0v) is 11.5. The van der Waals surface area contributed by atoms with Crippen molar-refractivity contribution in [2.45, 2.75) is 26.3 Å². The van der Waals surface area contributed by atoms with E-state index in [2.05, 4.69) is 27.2 Å². The van der Waals surface area contributed by atoms with Gasteiger partial charge in [-0.15, -0.1) is 11.3 Å². The minimum atomic E-state index is 0.170. The van der Waals surface area contributed by atoms with Gasteiger partial charge < -0.3 is 10.1 Å². The minimum Gasteiger partial charge on any atom is -0.481 e. The van der Waals surface area contributed by atoms with E-state index in [0.717, 1.165) is 22.8 Å². The van der Waals surface area contributed by atoms with Crippen LogP contribution < -0.4 is 10.1 Å². The summed E-state index contributed by atoms with van der Waals surface area (Å²) in [5.74, 6) is 1.39. The molecule has 6 heteroatoms. The van der Waals surface area contributed by atoms with Crippen molar-refractivity contribution < 1.29 is 4.74 Å². The molecule has 1 N–H and O–H groups in total. The predicted molar refractivity (Wildman–Crippen MR) is 72.1 cm³/mol. The summed E-state index contributed by atoms with van der Waals surface area (Å²) in [6.45, 7) is 4.06. The van der Waals surface area contributed by atoms with E-state index in [1.54, 1.807) is 18.4 Å². The molecule has 0 bridgehead atoms. The van der Waals surface area contributed by atoms with Gasteiger partial charge in [-0.25, -0.2) is 15.0 Å². The van der Waals surface area contributed by atoms with Crippen LogP contribution in [0.25, 0.3) is 0 Å². The van der Waals surface area contributed by atoms with Crippen LogP contribution in [0.15, 0.2) is 17.9 Å². The standard InChI is InChI=1S/C12H16N4OS/c1-4-9(12-13-5-6-18-12)16-10-8(2)11(17-3)15-7-14-10/h5-7,9H,4H2,1-3H3,(H,14,15,16). The smallest absolute Gasteiger partial charge is 0.221 e. The van der Waals surface area contributed by atoms with E-state index in [4.69, 9.17) is 4.74 Å². The lowest BCUT2D eigenvalue weighted by Crippen LogP contribution is -2.12. The number of hydrogen-bond donors (Lipinski definition) is 1. The first-order valence-corrected chi connectivity index (χ1v) is 6.65. The third-order valence-electron chi connectivity index (χ3n) is 2.70. The summed E-state index contributed by atoms with van der Waals surface area (Å²) in [5.41, 5.74) is 0.912. The van der Waals surface area contributed by atoms with Crippen molar-refractivity contribution in [3.05, 3.63) is 28.5 Å². The highest BCUT2D eigenvalue weighted by Gasteiger charge is 2.15. The third kappa shape index (κ3) is 2.59. The molecule has 2 rings (SSSR count). The second-order valence-electron chi connectivity index (χ2n) is 3.83. The molecular formula is C12H16N4OS. The molecule has 2 aromatic rings. The Bertz CT molecular complexity index is 501. The fourth-order valence-corrected chi connectivity index (χ4v) is 2.47. The molecular weight excluding hydrogens is 248 g/mol. The van der Waals surface area contributed by atoms with E-state index in [9.17, 15) is 0 Å². The van der Waals surface area contributed by atoms with Crippen LogP contribution in [0.2, 0.25) is 0 Å². The Kier molecular flexibility index (Phi) is 4.09. The number of methoxy groups -OCH3 is 1. The van der Waals surface area contributed by atoms with Gasteiger partial charge in [-0.05, 0) is 13.3 Å². The van der Waals surface area contributed by atoms with Gasteiger partial charge >= 0.3 is 0 Å². The number of hydrogen-bond acceptors (Lipinski definition) is 6. The van der Waals surface area contributed by atoms with Crippen molar-refractivity contribution in [3.8, 4) is 5.88 Å². The molecule has 0 aromatic carbocycles. The first kappa shape index (κ1) is 12.8. The molecule has 0 fully saturated rings. The van der Waals surface area contributed by atoms with Crippen molar-refractivity contribution in [2.75, 3.05) is 12.4 Å². The molecule has 0 spiro atoms. The highest BCUT2D eigenvalue weighted by atomic mass is 32.1. The lowest BCUT2D eigenvalue weighted by atomic mass is 10.2. The van der Waals surface area contributed by atoms with Gasteiger partial charge in [0.1, 0.15) is 17.2 Å². The zero-order valence-electron chi connectivity index (χ0n) is 10.7. The summed E-state index contributed by atoms with van der Waals surface area (Å²) in [6, 6.07) is 0.170. The van der Waals surface area contributed by atoms with Crippen molar-refractivity contribution >= 4 is 17.2 Å². The van der Waals surface area contributed by atoms with E-state index in [-0.39, 0.29) is 6.04 Å². The molecule has 0 saturated carbocycles. The van der Waals surface area contributed by atoms with Gasteiger partial charge in [-0.3, -0.25) is 0 Å². The van der Waals surface area contributed by atoms with Gasteiger partial charge in [0.15, 0.2) is 0 Å². The highest BCUT2D eigenvalue weighted by molar-refractivity contribution is 7.09. The molecule has 1 unspecified atom stereocenters. The van der Waals surface area contributed by atoms with Gasteiger partial charge in [-0.1, -0.05) is 6.92 Å². The van der Waals surface area contributed by atoms with E-state index in [1.165, 1.54) is 6.33 Å². The molecule has 0 saturated heterocycles. The summed E-state index contributed by atoms with van der Waals surface area (Å²) in [6.07, 6.45) is 4.26. The quantitative estimate of drug-likeness (QED) is 0.899. The Morgan fingerprint density at radius 3 is 2.83 bits per heavy atom. The van der Waals surface area contributed by atoms with Crippen LogP contribution in [0, 0.1) is 6.92 Å². The number of nitrogens with zero attached hydrogens (tertiary/aromatic N) is 3. The Labute approximate surface area is 110 Å². The first-order valence-electron chi connectivity index (χ1n) is 5.77. The maximum absolute atomic E-state index is 5.19. The Morgan fingerprint density at radius 1 is 1.39 bits per heavy atom. The molecule has 0 radical (unpaired) electrons. The van der Waals surface area contributed by atoms with Crippen LogP contribution in [0.4, 0.5) is 5.82 Å². The second-order valence-corrected chi connectivity index (χ2v) is 4.76. The van der Waals surface area contributed by atoms with Crippen LogP contribution >= 0.6 is 11.3 Å². The van der Waals surface area contributed by atoms with Gasteiger partial charge in [0.2, 0.25) is 5.88 Å². The van der Waals surface area contributed by atoms with Crippen LogP contribution in [-0.2, 0) is 0 Å². The maximum atomic E-state index is 5.19. The third-order valence-corrected chi connectivity index (χ3v) is 3.59. The summed E-state index contributed by atoms with van der Waals surface area (Å²) in [7, 11) is 1.61. The van der Waals surface area contributed by atoms with Gasteiger partial charge in [0, 0.05) is 11.6 Å². The van der Waals surface area contributed by atoms with E-state index < -0.39 is 0 Å². The second kappa shape index (κ2) is 5.77. The number of nitrogens with one attached hydrogen (secondary N) is 1. The first-order chi connectivity index (χ1) is 8.76. The highest BCUT2D eigenvalue weighted by Crippen LogP contribution is 2.27. The van der Waals surface area contributed by atoms with Gasteiger partial charge in [0.25, 0.3) is 0 Å². The van der Waals surface area contributed by atoms with Crippen molar-refractivity contribution in [1.82, 2.24) is 15.0 Å². The number of ether oxygens (including phenoxy) is 1. The topological polar surface area (TPSA) is 59.9 Å². The van der Waals surface area contributed by atoms with Crippen LogP contribution in [-0.4, -0.2) is 22.1 Å². The van der Waals surface area contributed by atoms with Crippen LogP contribution in [0.3, 0.4) is 0 Å². The summed E-state index contributed by atoms with van der Waals surface area (Å²) in [4.78, 5) is 12.7. The fourth-order valence-electron chi connectivity index (χ4n) is 1.70. The van der Waals surface area contributed by atoms with Crippen molar-refractivity contribution in [2.24, 2.45) is 0 Å². The summed E-state index contributed by atoms with van der Waals surface area (Å²) < 4.78 is 5.19. The van der Waals surface area contributed by atoms with Gasteiger partial charge in [-0.2, -0.15) is 0 Å². The Hall–Kier alpha value is -1.69. The molecule has 0 aliphatic rings. The fraction of sp³-hybridized carbons (Fsp3) is 0.417. The molecule has 2 heterocycles. The summed E-state index contributed by atoms with van der Waals surface area (Å²) in [5, 5.41) is 6.43. The molecule has 0 amide bonds. The zero-order chi connectivity index (χ0) is 13.0. The predicted octanol–water partition coefficient (Wildman–Crippen LogP) is 2.81. The molecule has 0 aliphatic heterocycles. The summed E-state index contributed by atoms with van der Waals surface area (Å²) >= 11 is 1.64. The average molecular weight is 264 g/mol. The molecule has 0 aliphatic carbocycles. The van der Waals surface area contributed by atoms with Crippen molar-refractivity contribution in [1.29, 1.82) is 0 Å². The lowest BCUT2D eigenvalue weighted by molar-refractivity contribution is 0.393. The molecule has 18 heavy (non-hydrogen) atoms. The van der Waals surface area contributed by atoms with Crippen LogP contribution in [0.5, 0.6) is 5.88 Å². The Morgan fingerprint density at radius 2 is 2.22 bits per heavy atom. The molecule has 1 atom stereocenters. The average Bonchev–Trinajstić information content (AvgIpc) is 2.91. The van der Waals surface area contributed by atoms with E-state index >= 15 is 0 Å². The minimum absolute atomic E-state index is 0.170. The molecule has 2 aromatic heterocycles. The van der Waals surface area contributed by atoms with Gasteiger partial charge in [0.05, 0.1) is 18.7 Å². The number of thiazole rings is 1. The maximum Gasteiger partial charge on any atom is 0.221 e. The Balaban J connectivity index is 2.22. The normalized spacial score (nSPS) is 12.2. The number of aromatic nitrogens is 3. The van der Waals surface area contributed by atoms with E-state index in [0.29, 0.717) is 5.88 Å². The lowest BCUT2D eigenvalue weighted by Gasteiger charge is -2.17. The number of anilines is 1. The van der Waals surface area contributed by atoms with Crippen molar-refractivity contribution in [3.63, 3.8) is 0 Å². The molecule has 5 nitrogen and oxygen atoms in total. The van der Waals surface area contributed by atoms with E-state index in [1.807, 2.05) is 18.5 Å². The SMILES string of the molecule is CCC(Nc1ncnc(OC)c1C)c1nccs1. The monoisotopic (exact) mass is 264 g/mol. The number of rotatable bonds is 5.